The van der Waals surface area contributed by atoms with Crippen molar-refractivity contribution in [1.29, 1.82) is 0 Å². The van der Waals surface area contributed by atoms with Crippen molar-refractivity contribution in [3.05, 3.63) is 65.7 Å². The number of benzene rings is 2. The van der Waals surface area contributed by atoms with Crippen LogP contribution in [0.15, 0.2) is 54.6 Å². The highest BCUT2D eigenvalue weighted by Crippen LogP contribution is 2.41. The van der Waals surface area contributed by atoms with Crippen molar-refractivity contribution in [1.82, 2.24) is 10.2 Å². The van der Waals surface area contributed by atoms with Crippen molar-refractivity contribution in [3.63, 3.8) is 0 Å². The van der Waals surface area contributed by atoms with Gasteiger partial charge in [0.05, 0.1) is 6.54 Å². The van der Waals surface area contributed by atoms with Gasteiger partial charge in [0.1, 0.15) is 11.4 Å². The van der Waals surface area contributed by atoms with Crippen LogP contribution in [0.25, 0.3) is 0 Å². The van der Waals surface area contributed by atoms with Gasteiger partial charge in [0.2, 0.25) is 5.91 Å². The zero-order valence-electron chi connectivity index (χ0n) is 16.2. The van der Waals surface area contributed by atoms with Crippen LogP contribution in [0.3, 0.4) is 0 Å². The molecule has 0 aliphatic carbocycles. The Labute approximate surface area is 177 Å². The van der Waals surface area contributed by atoms with E-state index in [4.69, 9.17) is 0 Å². The molecule has 8 nitrogen and oxygen atoms in total. The highest BCUT2D eigenvalue weighted by molar-refractivity contribution is 7.99. The number of hydrogen-bond donors (Lipinski definition) is 3. The molecule has 0 spiro atoms. The van der Waals surface area contributed by atoms with E-state index in [1.165, 1.54) is 29.7 Å². The van der Waals surface area contributed by atoms with Crippen LogP contribution in [0, 0.1) is 0 Å². The molecule has 3 amide bonds. The van der Waals surface area contributed by atoms with E-state index in [9.17, 15) is 24.3 Å². The van der Waals surface area contributed by atoms with E-state index >= 15 is 0 Å². The van der Waals surface area contributed by atoms with Gasteiger partial charge < -0.3 is 20.6 Å². The summed E-state index contributed by atoms with van der Waals surface area (Å²) in [4.78, 5) is 49.4. The number of carbonyl (C=O) groups excluding carboxylic acids is 3. The molecule has 1 aliphatic heterocycles. The monoisotopic (exact) mass is 427 g/mol. The minimum absolute atomic E-state index is 0.132. The van der Waals surface area contributed by atoms with Crippen LogP contribution < -0.4 is 10.6 Å². The molecule has 156 valence electrons. The van der Waals surface area contributed by atoms with E-state index in [1.54, 1.807) is 18.2 Å². The van der Waals surface area contributed by atoms with Gasteiger partial charge in [-0.2, -0.15) is 0 Å². The van der Waals surface area contributed by atoms with Crippen LogP contribution in [0.1, 0.15) is 28.2 Å². The maximum absolute atomic E-state index is 12.8. The second kappa shape index (κ2) is 9.45. The predicted octanol–water partition coefficient (Wildman–Crippen LogP) is 2.74. The lowest BCUT2D eigenvalue weighted by Gasteiger charge is -2.27. The molecular formula is C21H21N3O5S. The minimum atomic E-state index is -1.08. The molecule has 0 bridgehead atoms. The van der Waals surface area contributed by atoms with Crippen molar-refractivity contribution in [2.45, 2.75) is 18.3 Å². The van der Waals surface area contributed by atoms with Crippen molar-refractivity contribution in [2.75, 3.05) is 17.6 Å². The molecule has 9 heteroatoms. The van der Waals surface area contributed by atoms with Gasteiger partial charge >= 0.3 is 12.0 Å². The van der Waals surface area contributed by atoms with Crippen LogP contribution in [-0.2, 0) is 9.59 Å². The third-order valence-electron chi connectivity index (χ3n) is 4.59. The van der Waals surface area contributed by atoms with E-state index in [2.05, 4.69) is 10.6 Å². The van der Waals surface area contributed by atoms with Gasteiger partial charge in [-0.15, -0.1) is 11.8 Å². The normalized spacial score (nSPS) is 18.0. The lowest BCUT2D eigenvalue weighted by atomic mass is 10.1. The van der Waals surface area contributed by atoms with Crippen molar-refractivity contribution < 1.29 is 24.3 Å². The molecule has 1 heterocycles. The van der Waals surface area contributed by atoms with Crippen molar-refractivity contribution in [2.24, 2.45) is 0 Å². The van der Waals surface area contributed by atoms with E-state index in [0.717, 1.165) is 5.56 Å². The molecule has 0 unspecified atom stereocenters. The average Bonchev–Trinajstić information content (AvgIpc) is 3.18. The molecule has 0 radical (unpaired) electrons. The van der Waals surface area contributed by atoms with E-state index < -0.39 is 29.3 Å². The summed E-state index contributed by atoms with van der Waals surface area (Å²) in [5.41, 5.74) is 1.69. The standard InChI is InChI=1S/C21H21N3O5S/c1-13(25)15-8-5-9-16(10-15)23-21(29)22-11-18(26)24-17(20(27)28)12-30-19(24)14-6-3-2-4-7-14/h2-10,17,19H,11-12H2,1H3,(H,27,28)(H2,22,23,29)/t17-,19+/m0/s1. The Morgan fingerprint density at radius 1 is 1.10 bits per heavy atom. The number of carboxylic acids is 1. The highest BCUT2D eigenvalue weighted by atomic mass is 32.2. The maximum atomic E-state index is 12.8. The van der Waals surface area contributed by atoms with Crippen LogP contribution in [0.4, 0.5) is 10.5 Å². The number of carboxylic acid groups (broad SMARTS) is 1. The quantitative estimate of drug-likeness (QED) is 0.611. The first-order valence-electron chi connectivity index (χ1n) is 9.23. The predicted molar refractivity (Wildman–Crippen MR) is 113 cm³/mol. The van der Waals surface area contributed by atoms with Crippen LogP contribution in [0.5, 0.6) is 0 Å². The first-order chi connectivity index (χ1) is 14.4. The number of ketones is 1. The fourth-order valence-corrected chi connectivity index (χ4v) is 4.56. The number of carbonyl (C=O) groups is 4. The minimum Gasteiger partial charge on any atom is -0.480 e. The Morgan fingerprint density at radius 3 is 2.50 bits per heavy atom. The Bertz CT molecular complexity index is 966. The summed E-state index contributed by atoms with van der Waals surface area (Å²) < 4.78 is 0. The summed E-state index contributed by atoms with van der Waals surface area (Å²) in [6, 6.07) is 14.0. The molecule has 2 atom stereocenters. The first kappa shape index (κ1) is 21.4. The van der Waals surface area contributed by atoms with Gasteiger partial charge in [-0.1, -0.05) is 42.5 Å². The number of anilines is 1. The summed E-state index contributed by atoms with van der Waals surface area (Å²) in [5.74, 6) is -1.44. The van der Waals surface area contributed by atoms with Gasteiger partial charge in [-0.05, 0) is 24.6 Å². The van der Waals surface area contributed by atoms with Crippen LogP contribution in [0.2, 0.25) is 0 Å². The molecule has 0 saturated carbocycles. The maximum Gasteiger partial charge on any atom is 0.327 e. The van der Waals surface area contributed by atoms with Crippen LogP contribution in [-0.4, -0.2) is 52.0 Å². The second-order valence-electron chi connectivity index (χ2n) is 6.70. The fraction of sp³-hybridized carbons (Fsp3) is 0.238. The Morgan fingerprint density at radius 2 is 1.83 bits per heavy atom. The Kier molecular flexibility index (Phi) is 6.73. The summed E-state index contributed by atoms with van der Waals surface area (Å²) >= 11 is 1.37. The number of nitrogens with one attached hydrogen (secondary N) is 2. The number of Topliss-reactive ketones (excluding diaryl/α,β-unsaturated/α-hetero) is 1. The van der Waals surface area contributed by atoms with E-state index in [1.807, 2.05) is 30.3 Å². The average molecular weight is 427 g/mol. The van der Waals surface area contributed by atoms with Crippen molar-refractivity contribution >= 4 is 41.1 Å². The van der Waals surface area contributed by atoms with Gasteiger partial charge in [-0.3, -0.25) is 9.59 Å². The molecule has 30 heavy (non-hydrogen) atoms. The van der Waals surface area contributed by atoms with Gasteiger partial charge in [0, 0.05) is 17.0 Å². The van der Waals surface area contributed by atoms with E-state index in [0.29, 0.717) is 11.3 Å². The molecule has 2 aromatic rings. The Hall–Kier alpha value is -3.33. The number of hydrogen-bond acceptors (Lipinski definition) is 5. The fourth-order valence-electron chi connectivity index (χ4n) is 3.11. The lowest BCUT2D eigenvalue weighted by molar-refractivity contribution is -0.148. The summed E-state index contributed by atoms with van der Waals surface area (Å²) in [6.45, 7) is 1.07. The molecule has 1 aliphatic rings. The van der Waals surface area contributed by atoms with E-state index in [-0.39, 0.29) is 18.1 Å². The number of rotatable bonds is 6. The molecule has 2 aromatic carbocycles. The number of nitrogens with zero attached hydrogens (tertiary/aromatic N) is 1. The van der Waals surface area contributed by atoms with Crippen molar-refractivity contribution in [3.8, 4) is 0 Å². The largest absolute Gasteiger partial charge is 0.480 e. The van der Waals surface area contributed by atoms with Gasteiger partial charge in [0.25, 0.3) is 0 Å². The number of urea groups is 1. The molecule has 0 aromatic heterocycles. The molecule has 3 N–H and O–H groups in total. The molecular weight excluding hydrogens is 406 g/mol. The second-order valence-corrected chi connectivity index (χ2v) is 7.81. The highest BCUT2D eigenvalue weighted by Gasteiger charge is 2.42. The number of aliphatic carboxylic acids is 1. The zero-order valence-corrected chi connectivity index (χ0v) is 17.0. The molecule has 1 fully saturated rings. The lowest BCUT2D eigenvalue weighted by Crippen LogP contribution is -2.47. The van der Waals surface area contributed by atoms with Gasteiger partial charge in [0.15, 0.2) is 5.78 Å². The SMILES string of the molecule is CC(=O)c1cccc(NC(=O)NCC(=O)N2[C@@H](c3ccccc3)SC[C@H]2C(=O)O)c1. The summed E-state index contributed by atoms with van der Waals surface area (Å²) in [5, 5.41) is 14.1. The number of thioether (sulfide) groups is 1. The summed E-state index contributed by atoms with van der Waals surface area (Å²) in [6.07, 6.45) is 0. The molecule has 3 rings (SSSR count). The zero-order chi connectivity index (χ0) is 21.7. The third kappa shape index (κ3) is 4.98. The first-order valence-corrected chi connectivity index (χ1v) is 10.3. The molecule has 1 saturated heterocycles. The smallest absolute Gasteiger partial charge is 0.327 e. The third-order valence-corrected chi connectivity index (χ3v) is 5.91. The topological polar surface area (TPSA) is 116 Å². The Balaban J connectivity index is 1.65. The van der Waals surface area contributed by atoms with Crippen LogP contribution >= 0.6 is 11.8 Å². The number of amides is 3. The summed E-state index contributed by atoms with van der Waals surface area (Å²) in [7, 11) is 0. The van der Waals surface area contributed by atoms with Gasteiger partial charge in [-0.25, -0.2) is 9.59 Å².